The molecule has 2 aliphatic carbocycles. The number of nitrogens with one attached hydrogen (secondary N) is 1. The summed E-state index contributed by atoms with van der Waals surface area (Å²) in [6.07, 6.45) is 6.09. The van der Waals surface area contributed by atoms with Crippen LogP contribution in [0.15, 0.2) is 30.3 Å². The zero-order chi connectivity index (χ0) is 23.1. The van der Waals surface area contributed by atoms with Gasteiger partial charge in [-0.25, -0.2) is 8.78 Å². The Balaban J connectivity index is 1.28. The SMILES string of the molecule is Cc1ccc(C(=O)NC2CC3CCC2C3)c(C2CCN(C(=O)c3cc(F)cc(F)c3)CC2)n1. The van der Waals surface area contributed by atoms with Crippen LogP contribution in [0, 0.1) is 30.4 Å². The number of carbonyl (C=O) groups is 2. The first-order chi connectivity index (χ1) is 15.9. The van der Waals surface area contributed by atoms with Crippen molar-refractivity contribution in [3.8, 4) is 0 Å². The van der Waals surface area contributed by atoms with E-state index in [4.69, 9.17) is 4.98 Å². The number of rotatable bonds is 4. The second-order valence-corrected chi connectivity index (χ2v) is 9.86. The van der Waals surface area contributed by atoms with Gasteiger partial charge in [-0.3, -0.25) is 14.6 Å². The summed E-state index contributed by atoms with van der Waals surface area (Å²) in [7, 11) is 0. The van der Waals surface area contributed by atoms with Crippen LogP contribution in [0.3, 0.4) is 0 Å². The van der Waals surface area contributed by atoms with E-state index in [2.05, 4.69) is 5.32 Å². The molecule has 1 aliphatic heterocycles. The Labute approximate surface area is 192 Å². The van der Waals surface area contributed by atoms with Gasteiger partial charge >= 0.3 is 0 Å². The predicted octanol–water partition coefficient (Wildman–Crippen LogP) is 4.61. The van der Waals surface area contributed by atoms with E-state index < -0.39 is 11.6 Å². The maximum atomic E-state index is 13.5. The third-order valence-corrected chi connectivity index (χ3v) is 7.64. The first-order valence-corrected chi connectivity index (χ1v) is 11.9. The number of fused-ring (bicyclic) bond motifs is 2. The van der Waals surface area contributed by atoms with Crippen molar-refractivity contribution in [3.63, 3.8) is 0 Å². The van der Waals surface area contributed by atoms with E-state index in [0.29, 0.717) is 37.4 Å². The highest BCUT2D eigenvalue weighted by atomic mass is 19.1. The minimum atomic E-state index is -0.761. The molecule has 174 valence electrons. The molecule has 7 heteroatoms. The normalized spacial score (nSPS) is 24.8. The molecule has 3 unspecified atom stereocenters. The maximum Gasteiger partial charge on any atom is 0.254 e. The van der Waals surface area contributed by atoms with Gasteiger partial charge in [0.15, 0.2) is 0 Å². The predicted molar refractivity (Wildman–Crippen MR) is 120 cm³/mol. The summed E-state index contributed by atoms with van der Waals surface area (Å²) in [5.74, 6) is -0.542. The molecule has 3 fully saturated rings. The van der Waals surface area contributed by atoms with Crippen LogP contribution in [0.4, 0.5) is 8.78 Å². The summed E-state index contributed by atoms with van der Waals surface area (Å²) in [6.45, 7) is 2.81. The van der Waals surface area contributed by atoms with Crippen LogP contribution in [0.2, 0.25) is 0 Å². The van der Waals surface area contributed by atoms with E-state index in [-0.39, 0.29) is 29.3 Å². The summed E-state index contributed by atoms with van der Waals surface area (Å²) in [5.41, 5.74) is 2.29. The molecular weight excluding hydrogens is 424 g/mol. The smallest absolute Gasteiger partial charge is 0.254 e. The Morgan fingerprint density at radius 3 is 2.36 bits per heavy atom. The zero-order valence-electron chi connectivity index (χ0n) is 18.8. The van der Waals surface area contributed by atoms with Crippen LogP contribution < -0.4 is 5.32 Å². The average Bonchev–Trinajstić information content (AvgIpc) is 3.41. The van der Waals surface area contributed by atoms with Crippen LogP contribution in [0.1, 0.15) is 76.5 Å². The van der Waals surface area contributed by atoms with Crippen molar-refractivity contribution in [2.75, 3.05) is 13.1 Å². The van der Waals surface area contributed by atoms with E-state index in [1.165, 1.54) is 19.3 Å². The Morgan fingerprint density at radius 2 is 1.73 bits per heavy atom. The van der Waals surface area contributed by atoms with Gasteiger partial charge in [-0.05, 0) is 75.1 Å². The molecule has 1 saturated heterocycles. The Kier molecular flexibility index (Phi) is 5.89. The van der Waals surface area contributed by atoms with E-state index in [1.54, 1.807) is 4.90 Å². The molecule has 1 aromatic heterocycles. The molecule has 0 spiro atoms. The number of carbonyl (C=O) groups excluding carboxylic acids is 2. The van der Waals surface area contributed by atoms with Gasteiger partial charge in [-0.15, -0.1) is 0 Å². The number of pyridine rings is 1. The number of aromatic nitrogens is 1. The van der Waals surface area contributed by atoms with Crippen LogP contribution in [-0.2, 0) is 0 Å². The molecule has 2 amide bonds. The standard InChI is InChI=1S/C26H29F2N3O2/c1-15-2-5-22(25(32)30-23-11-16-3-4-18(23)10-16)24(29-15)17-6-8-31(9-7-17)26(33)19-12-20(27)14-21(28)13-19/h2,5,12-14,16-18,23H,3-4,6-11H2,1H3,(H,30,32). The topological polar surface area (TPSA) is 62.3 Å². The van der Waals surface area contributed by atoms with Gasteiger partial charge < -0.3 is 10.2 Å². The maximum absolute atomic E-state index is 13.5. The third kappa shape index (κ3) is 4.50. The zero-order valence-corrected chi connectivity index (χ0v) is 18.8. The van der Waals surface area contributed by atoms with Crippen molar-refractivity contribution in [2.45, 2.75) is 57.4 Å². The summed E-state index contributed by atoms with van der Waals surface area (Å²) < 4.78 is 27.1. The van der Waals surface area contributed by atoms with Crippen molar-refractivity contribution in [3.05, 3.63) is 64.5 Å². The molecule has 5 rings (SSSR count). The van der Waals surface area contributed by atoms with Crippen LogP contribution in [-0.4, -0.2) is 40.8 Å². The van der Waals surface area contributed by atoms with Crippen LogP contribution in [0.25, 0.3) is 0 Å². The largest absolute Gasteiger partial charge is 0.349 e. The molecule has 2 heterocycles. The van der Waals surface area contributed by atoms with Gasteiger partial charge in [0.25, 0.3) is 11.8 Å². The summed E-state index contributed by atoms with van der Waals surface area (Å²) in [6, 6.07) is 6.89. The van der Waals surface area contributed by atoms with Gasteiger partial charge in [0, 0.05) is 42.4 Å². The number of piperidine rings is 1. The average molecular weight is 454 g/mol. The van der Waals surface area contributed by atoms with Crippen LogP contribution >= 0.6 is 0 Å². The lowest BCUT2D eigenvalue weighted by Gasteiger charge is -2.33. The minimum absolute atomic E-state index is 0.0190. The number of benzene rings is 1. The summed E-state index contributed by atoms with van der Waals surface area (Å²) in [5, 5.41) is 3.27. The molecular formula is C26H29F2N3O2. The summed E-state index contributed by atoms with van der Waals surface area (Å²) >= 11 is 0. The molecule has 3 aliphatic rings. The fourth-order valence-electron chi connectivity index (χ4n) is 5.96. The first-order valence-electron chi connectivity index (χ1n) is 11.9. The monoisotopic (exact) mass is 453 g/mol. The number of nitrogens with zero attached hydrogens (tertiary/aromatic N) is 2. The van der Waals surface area contributed by atoms with Crippen LogP contribution in [0.5, 0.6) is 0 Å². The number of halogens is 2. The molecule has 0 radical (unpaired) electrons. The number of amides is 2. The molecule has 1 aromatic carbocycles. The molecule has 2 saturated carbocycles. The second-order valence-electron chi connectivity index (χ2n) is 9.86. The molecule has 5 nitrogen and oxygen atoms in total. The molecule has 33 heavy (non-hydrogen) atoms. The molecule has 3 atom stereocenters. The van der Waals surface area contributed by atoms with Gasteiger partial charge in [-0.2, -0.15) is 0 Å². The lowest BCUT2D eigenvalue weighted by atomic mass is 9.89. The van der Waals surface area contributed by atoms with Crippen molar-refractivity contribution in [2.24, 2.45) is 11.8 Å². The fraction of sp³-hybridized carbons (Fsp3) is 0.500. The van der Waals surface area contributed by atoms with Crippen molar-refractivity contribution in [1.29, 1.82) is 0 Å². The highest BCUT2D eigenvalue weighted by molar-refractivity contribution is 5.96. The van der Waals surface area contributed by atoms with E-state index in [1.807, 2.05) is 19.1 Å². The Morgan fingerprint density at radius 1 is 1.00 bits per heavy atom. The Hall–Kier alpha value is -2.83. The minimum Gasteiger partial charge on any atom is -0.349 e. The molecule has 2 aromatic rings. The lowest BCUT2D eigenvalue weighted by Crippen LogP contribution is -2.40. The second kappa shape index (κ2) is 8.84. The quantitative estimate of drug-likeness (QED) is 0.736. The highest BCUT2D eigenvalue weighted by Gasteiger charge is 2.40. The number of hydrogen-bond acceptors (Lipinski definition) is 3. The molecule has 2 bridgehead atoms. The fourth-order valence-corrected chi connectivity index (χ4v) is 5.96. The van der Waals surface area contributed by atoms with Crippen molar-refractivity contribution >= 4 is 11.8 Å². The van der Waals surface area contributed by atoms with Gasteiger partial charge in [-0.1, -0.05) is 6.42 Å². The Bertz CT molecular complexity index is 1060. The van der Waals surface area contributed by atoms with E-state index in [0.717, 1.165) is 41.9 Å². The number of aryl methyl sites for hydroxylation is 1. The number of hydrogen-bond donors (Lipinski definition) is 1. The highest BCUT2D eigenvalue weighted by Crippen LogP contribution is 2.44. The number of likely N-dealkylation sites (tertiary alicyclic amines) is 1. The lowest BCUT2D eigenvalue weighted by molar-refractivity contribution is 0.0709. The van der Waals surface area contributed by atoms with Gasteiger partial charge in [0.05, 0.1) is 11.3 Å². The van der Waals surface area contributed by atoms with E-state index >= 15 is 0 Å². The van der Waals surface area contributed by atoms with Gasteiger partial charge in [0.1, 0.15) is 11.6 Å². The third-order valence-electron chi connectivity index (χ3n) is 7.64. The molecule has 1 N–H and O–H groups in total. The van der Waals surface area contributed by atoms with Crippen molar-refractivity contribution < 1.29 is 18.4 Å². The van der Waals surface area contributed by atoms with Gasteiger partial charge in [0.2, 0.25) is 0 Å². The van der Waals surface area contributed by atoms with E-state index in [9.17, 15) is 18.4 Å². The first kappa shape index (κ1) is 22.0. The summed E-state index contributed by atoms with van der Waals surface area (Å²) in [4.78, 5) is 32.3. The van der Waals surface area contributed by atoms with Crippen molar-refractivity contribution in [1.82, 2.24) is 15.2 Å².